The van der Waals surface area contributed by atoms with Crippen LogP contribution in [0.2, 0.25) is 0 Å². The fourth-order valence-corrected chi connectivity index (χ4v) is 6.01. The van der Waals surface area contributed by atoms with E-state index in [-0.39, 0.29) is 41.5 Å². The van der Waals surface area contributed by atoms with Crippen LogP contribution in [0.15, 0.2) is 53.4 Å². The number of sulfonamides is 1. The standard InChI is InChI=1S/C27H32N2O5S/c1-19-16-29(20(2)18-30)35(32,33)26-14-11-22(10-9-21-7-5-4-6-8-21)15-24(26)34-25(19)17-28(3)27(31)23-12-13-23/h4-8,11,14-15,19-20,23,25,30H,12-13,16-18H2,1-3H3/t19-,20+,25+/m0/s1. The molecule has 1 aliphatic carbocycles. The van der Waals surface area contributed by atoms with Gasteiger partial charge in [0, 0.05) is 42.6 Å². The summed E-state index contributed by atoms with van der Waals surface area (Å²) in [6.07, 6.45) is 1.40. The van der Waals surface area contributed by atoms with Gasteiger partial charge < -0.3 is 14.7 Å². The van der Waals surface area contributed by atoms with Crippen molar-refractivity contribution in [3.8, 4) is 17.6 Å². The van der Waals surface area contributed by atoms with Crippen LogP contribution in [0.5, 0.6) is 5.75 Å². The Labute approximate surface area is 207 Å². The first-order valence-corrected chi connectivity index (χ1v) is 13.4. The van der Waals surface area contributed by atoms with Gasteiger partial charge in [-0.3, -0.25) is 4.79 Å². The molecule has 0 radical (unpaired) electrons. The molecule has 1 aliphatic heterocycles. The predicted octanol–water partition coefficient (Wildman–Crippen LogP) is 2.72. The summed E-state index contributed by atoms with van der Waals surface area (Å²) in [5, 5.41) is 9.78. The molecule has 0 saturated heterocycles. The number of aliphatic hydroxyl groups is 1. The normalized spacial score (nSPS) is 22.4. The van der Waals surface area contributed by atoms with E-state index >= 15 is 0 Å². The average molecular weight is 497 g/mol. The molecule has 35 heavy (non-hydrogen) atoms. The maximum Gasteiger partial charge on any atom is 0.247 e. The summed E-state index contributed by atoms with van der Waals surface area (Å²) in [6, 6.07) is 13.8. The molecular formula is C27H32N2O5S. The van der Waals surface area contributed by atoms with Crippen molar-refractivity contribution in [2.75, 3.05) is 26.7 Å². The first-order valence-electron chi connectivity index (χ1n) is 12.0. The van der Waals surface area contributed by atoms with Crippen LogP contribution < -0.4 is 4.74 Å². The molecule has 4 rings (SSSR count). The number of benzene rings is 2. The van der Waals surface area contributed by atoms with Crippen LogP contribution in [0.3, 0.4) is 0 Å². The molecule has 2 aromatic carbocycles. The minimum atomic E-state index is -3.92. The Morgan fingerprint density at radius 3 is 2.51 bits per heavy atom. The zero-order valence-corrected chi connectivity index (χ0v) is 21.2. The van der Waals surface area contributed by atoms with Crippen molar-refractivity contribution >= 4 is 15.9 Å². The van der Waals surface area contributed by atoms with Gasteiger partial charge in [0.15, 0.2) is 0 Å². The lowest BCUT2D eigenvalue weighted by Crippen LogP contribution is -2.50. The summed E-state index contributed by atoms with van der Waals surface area (Å²) in [5.74, 6) is 6.34. The Morgan fingerprint density at radius 2 is 1.86 bits per heavy atom. The third-order valence-corrected chi connectivity index (χ3v) is 8.57. The van der Waals surface area contributed by atoms with Gasteiger partial charge in [0.25, 0.3) is 0 Å². The fraction of sp³-hybridized carbons (Fsp3) is 0.444. The van der Waals surface area contributed by atoms with E-state index in [0.717, 1.165) is 18.4 Å². The summed E-state index contributed by atoms with van der Waals surface area (Å²) in [7, 11) is -2.16. The van der Waals surface area contributed by atoms with Crippen LogP contribution in [0.4, 0.5) is 0 Å². The number of carbonyl (C=O) groups excluding carboxylic acids is 1. The summed E-state index contributed by atoms with van der Waals surface area (Å²) in [4.78, 5) is 14.3. The van der Waals surface area contributed by atoms with Gasteiger partial charge in [-0.25, -0.2) is 8.42 Å². The summed E-state index contributed by atoms with van der Waals surface area (Å²) >= 11 is 0. The van der Waals surface area contributed by atoms with Gasteiger partial charge in [-0.2, -0.15) is 4.31 Å². The van der Waals surface area contributed by atoms with Gasteiger partial charge in [0.2, 0.25) is 15.9 Å². The minimum Gasteiger partial charge on any atom is -0.487 e. The average Bonchev–Trinajstić information content (AvgIpc) is 3.70. The molecule has 0 spiro atoms. The molecule has 1 heterocycles. The van der Waals surface area contributed by atoms with E-state index in [0.29, 0.717) is 12.1 Å². The molecule has 1 amide bonds. The molecule has 2 aromatic rings. The lowest BCUT2D eigenvalue weighted by Gasteiger charge is -2.37. The molecule has 8 heteroatoms. The van der Waals surface area contributed by atoms with E-state index in [4.69, 9.17) is 4.74 Å². The maximum atomic E-state index is 13.6. The van der Waals surface area contributed by atoms with E-state index in [1.54, 1.807) is 31.0 Å². The number of carbonyl (C=O) groups is 1. The zero-order valence-electron chi connectivity index (χ0n) is 20.3. The van der Waals surface area contributed by atoms with Crippen LogP contribution in [-0.2, 0) is 14.8 Å². The van der Waals surface area contributed by atoms with Crippen molar-refractivity contribution < 1.29 is 23.1 Å². The first kappa shape index (κ1) is 25.2. The van der Waals surface area contributed by atoms with E-state index < -0.39 is 22.2 Å². The quantitative estimate of drug-likeness (QED) is 0.644. The molecular weight excluding hydrogens is 464 g/mol. The largest absolute Gasteiger partial charge is 0.487 e. The van der Waals surface area contributed by atoms with Gasteiger partial charge in [0.05, 0.1) is 13.2 Å². The number of amides is 1. The monoisotopic (exact) mass is 496 g/mol. The molecule has 0 unspecified atom stereocenters. The fourth-order valence-electron chi connectivity index (χ4n) is 4.19. The Bertz CT molecular complexity index is 1230. The first-order chi connectivity index (χ1) is 16.7. The number of ether oxygens (including phenoxy) is 1. The molecule has 186 valence electrons. The second-order valence-electron chi connectivity index (χ2n) is 9.51. The zero-order chi connectivity index (χ0) is 25.2. The molecule has 2 aliphatic rings. The SMILES string of the molecule is C[C@H](CO)N1C[C@H](C)[C@@H](CN(C)C(=O)C2CC2)Oc2cc(C#Cc3ccccc3)ccc2S1(=O)=O. The Morgan fingerprint density at radius 1 is 1.17 bits per heavy atom. The van der Waals surface area contributed by atoms with Crippen LogP contribution in [0.1, 0.15) is 37.8 Å². The Kier molecular flexibility index (Phi) is 7.50. The second-order valence-corrected chi connectivity index (χ2v) is 11.4. The number of rotatable bonds is 5. The number of likely N-dealkylation sites (N-methyl/N-ethyl adjacent to an activating group) is 1. The summed E-state index contributed by atoms with van der Waals surface area (Å²) in [5.41, 5.74) is 1.47. The van der Waals surface area contributed by atoms with Crippen molar-refractivity contribution in [3.05, 3.63) is 59.7 Å². The van der Waals surface area contributed by atoms with E-state index in [9.17, 15) is 18.3 Å². The molecule has 0 bridgehead atoms. The third kappa shape index (κ3) is 5.69. The number of fused-ring (bicyclic) bond motifs is 1. The summed E-state index contributed by atoms with van der Waals surface area (Å²) in [6.45, 7) is 3.82. The molecule has 1 fully saturated rings. The van der Waals surface area contributed by atoms with Gasteiger partial charge in [-0.1, -0.05) is 37.0 Å². The maximum absolute atomic E-state index is 13.6. The smallest absolute Gasteiger partial charge is 0.247 e. The number of hydrogen-bond acceptors (Lipinski definition) is 5. The third-order valence-electron chi connectivity index (χ3n) is 6.55. The molecule has 3 atom stereocenters. The number of hydrogen-bond donors (Lipinski definition) is 1. The molecule has 1 saturated carbocycles. The van der Waals surface area contributed by atoms with E-state index in [1.165, 1.54) is 10.4 Å². The van der Waals surface area contributed by atoms with Crippen LogP contribution >= 0.6 is 0 Å². The number of nitrogens with zero attached hydrogens (tertiary/aromatic N) is 2. The molecule has 0 aromatic heterocycles. The lowest BCUT2D eigenvalue weighted by molar-refractivity contribution is -0.132. The summed E-state index contributed by atoms with van der Waals surface area (Å²) < 4.78 is 34.8. The highest BCUT2D eigenvalue weighted by molar-refractivity contribution is 7.89. The lowest BCUT2D eigenvalue weighted by atomic mass is 10.0. The van der Waals surface area contributed by atoms with Crippen molar-refractivity contribution in [1.29, 1.82) is 0 Å². The van der Waals surface area contributed by atoms with Crippen molar-refractivity contribution in [2.24, 2.45) is 11.8 Å². The van der Waals surface area contributed by atoms with E-state index in [2.05, 4.69) is 11.8 Å². The van der Waals surface area contributed by atoms with Crippen molar-refractivity contribution in [1.82, 2.24) is 9.21 Å². The van der Waals surface area contributed by atoms with Crippen LogP contribution in [0, 0.1) is 23.7 Å². The van der Waals surface area contributed by atoms with Crippen LogP contribution in [-0.4, -0.2) is 67.5 Å². The highest BCUT2D eigenvalue weighted by Crippen LogP contribution is 2.35. The van der Waals surface area contributed by atoms with Gasteiger partial charge in [-0.05, 0) is 50.1 Å². The van der Waals surface area contributed by atoms with Crippen LogP contribution in [0.25, 0.3) is 0 Å². The Balaban J connectivity index is 1.72. The van der Waals surface area contributed by atoms with Gasteiger partial charge in [-0.15, -0.1) is 0 Å². The van der Waals surface area contributed by atoms with Gasteiger partial charge >= 0.3 is 0 Å². The highest BCUT2D eigenvalue weighted by atomic mass is 32.2. The number of aliphatic hydroxyl groups excluding tert-OH is 1. The Hall–Kier alpha value is -2.86. The molecule has 1 N–H and O–H groups in total. The van der Waals surface area contributed by atoms with Crippen molar-refractivity contribution in [3.63, 3.8) is 0 Å². The molecule has 7 nitrogen and oxygen atoms in total. The van der Waals surface area contributed by atoms with Crippen molar-refractivity contribution in [2.45, 2.75) is 43.7 Å². The topological polar surface area (TPSA) is 87.2 Å². The second kappa shape index (κ2) is 10.4. The minimum absolute atomic E-state index is 0.0381. The van der Waals surface area contributed by atoms with Gasteiger partial charge in [0.1, 0.15) is 16.7 Å². The predicted molar refractivity (Wildman–Crippen MR) is 133 cm³/mol. The van der Waals surface area contributed by atoms with E-state index in [1.807, 2.05) is 37.3 Å². The highest BCUT2D eigenvalue weighted by Gasteiger charge is 2.39.